The van der Waals surface area contributed by atoms with Gasteiger partial charge < -0.3 is 14.8 Å². The molecular formula is C25H28Br2N2O7. The van der Waals surface area contributed by atoms with Gasteiger partial charge >= 0.3 is 11.9 Å². The second-order valence-corrected chi connectivity index (χ2v) is 12.1. The van der Waals surface area contributed by atoms with E-state index < -0.39 is 42.3 Å². The topological polar surface area (TPSA) is 119 Å². The molecule has 1 aromatic carbocycles. The number of likely N-dealkylation sites (tertiary alicyclic amines) is 1. The molecule has 0 radical (unpaired) electrons. The van der Waals surface area contributed by atoms with Crippen LogP contribution < -0.4 is 5.32 Å². The molecule has 194 valence electrons. The molecule has 0 unspecified atom stereocenters. The number of carbonyl (C=O) groups is 5. The second kappa shape index (κ2) is 10.6. The van der Waals surface area contributed by atoms with Gasteiger partial charge in [-0.2, -0.15) is 0 Å². The van der Waals surface area contributed by atoms with Gasteiger partial charge in [0.15, 0.2) is 6.61 Å². The number of ether oxygens (including phenoxy) is 2. The van der Waals surface area contributed by atoms with Gasteiger partial charge in [0.1, 0.15) is 6.04 Å². The van der Waals surface area contributed by atoms with Crippen molar-refractivity contribution in [2.24, 2.45) is 29.6 Å². The van der Waals surface area contributed by atoms with E-state index in [1.807, 2.05) is 13.8 Å². The number of anilines is 1. The van der Waals surface area contributed by atoms with Crippen LogP contribution in [0.4, 0.5) is 5.69 Å². The van der Waals surface area contributed by atoms with E-state index in [4.69, 9.17) is 9.47 Å². The van der Waals surface area contributed by atoms with E-state index >= 15 is 0 Å². The van der Waals surface area contributed by atoms with Crippen molar-refractivity contribution >= 4 is 67.2 Å². The molecule has 11 heteroatoms. The maximum Gasteiger partial charge on any atom is 0.338 e. The first kappa shape index (κ1) is 26.8. The molecule has 2 saturated carbocycles. The standard InChI is InChI=1S/C25H28Br2N2O7/c1-11(2)9-35-25(34)13-4-6-14(7-5-13)28-17(30)10-36-24(33)12(3)29-22(31)18-15-8-16(19(18)23(29)32)21(27)20(15)26/h4-7,11-12,15-16,18-21H,8-10H2,1-3H3,(H,28,30)/t12-,15+,16+,18+,19+,20-,21-/m0/s1. The lowest BCUT2D eigenvalue weighted by molar-refractivity contribution is -0.159. The maximum atomic E-state index is 13.1. The van der Waals surface area contributed by atoms with Crippen LogP contribution in [0, 0.1) is 29.6 Å². The Morgan fingerprint density at radius 3 is 2.06 bits per heavy atom. The van der Waals surface area contributed by atoms with Crippen LogP contribution in [-0.2, 0) is 28.7 Å². The van der Waals surface area contributed by atoms with E-state index in [0.29, 0.717) is 17.9 Å². The zero-order valence-corrected chi connectivity index (χ0v) is 23.3. The molecule has 1 heterocycles. The number of nitrogens with one attached hydrogen (secondary N) is 1. The van der Waals surface area contributed by atoms with Crippen LogP contribution in [0.1, 0.15) is 37.6 Å². The van der Waals surface area contributed by atoms with Crippen molar-refractivity contribution in [3.63, 3.8) is 0 Å². The number of hydrogen-bond acceptors (Lipinski definition) is 7. The van der Waals surface area contributed by atoms with Gasteiger partial charge in [-0.15, -0.1) is 0 Å². The van der Waals surface area contributed by atoms with E-state index in [9.17, 15) is 24.0 Å². The van der Waals surface area contributed by atoms with Crippen LogP contribution in [0.2, 0.25) is 0 Å². The van der Waals surface area contributed by atoms with Gasteiger partial charge in [-0.3, -0.25) is 19.3 Å². The Bertz CT molecular complexity index is 1040. The molecule has 0 aromatic heterocycles. The van der Waals surface area contributed by atoms with Crippen LogP contribution >= 0.6 is 31.9 Å². The molecule has 1 saturated heterocycles. The molecule has 1 N–H and O–H groups in total. The normalized spacial score (nSPS) is 29.3. The minimum atomic E-state index is -1.12. The SMILES string of the molecule is CC(C)COC(=O)c1ccc(NC(=O)COC(=O)[C@H](C)N2C(=O)[C@@H]3[C@H]4C[C@@H]([C@H](Br)[C@H]4Br)[C@H]3C2=O)cc1. The molecule has 3 fully saturated rings. The Kier molecular flexibility index (Phi) is 7.89. The summed E-state index contributed by atoms with van der Waals surface area (Å²) in [5.74, 6) is -3.10. The number of nitrogens with zero attached hydrogens (tertiary/aromatic N) is 1. The van der Waals surface area contributed by atoms with Crippen LogP contribution in [0.25, 0.3) is 0 Å². The van der Waals surface area contributed by atoms with Crippen molar-refractivity contribution in [1.29, 1.82) is 0 Å². The highest BCUT2D eigenvalue weighted by atomic mass is 79.9. The number of halogens is 2. The summed E-state index contributed by atoms with van der Waals surface area (Å²) < 4.78 is 10.3. The van der Waals surface area contributed by atoms with Gasteiger partial charge in [0.05, 0.1) is 24.0 Å². The number of carbonyl (C=O) groups excluding carboxylic acids is 5. The fourth-order valence-corrected chi connectivity index (χ4v) is 7.20. The van der Waals surface area contributed by atoms with Gasteiger partial charge in [-0.25, -0.2) is 9.59 Å². The van der Waals surface area contributed by atoms with Gasteiger partial charge in [-0.05, 0) is 55.4 Å². The Morgan fingerprint density at radius 2 is 1.53 bits per heavy atom. The van der Waals surface area contributed by atoms with E-state index in [1.165, 1.54) is 31.2 Å². The molecule has 7 atom stereocenters. The highest BCUT2D eigenvalue weighted by molar-refractivity contribution is 9.12. The van der Waals surface area contributed by atoms with E-state index in [1.54, 1.807) is 0 Å². The average molecular weight is 628 g/mol. The highest BCUT2D eigenvalue weighted by Gasteiger charge is 2.67. The minimum absolute atomic E-state index is 0.0447. The maximum absolute atomic E-state index is 13.1. The summed E-state index contributed by atoms with van der Waals surface area (Å²) in [7, 11) is 0. The highest BCUT2D eigenvalue weighted by Crippen LogP contribution is 2.60. The summed E-state index contributed by atoms with van der Waals surface area (Å²) in [5, 5.41) is 2.58. The average Bonchev–Trinajstić information content (AvgIpc) is 3.45. The number of benzene rings is 1. The number of imide groups is 1. The smallest absolute Gasteiger partial charge is 0.338 e. The van der Waals surface area contributed by atoms with Crippen molar-refractivity contribution in [1.82, 2.24) is 4.90 Å². The largest absolute Gasteiger partial charge is 0.462 e. The molecule has 3 aliphatic rings. The lowest BCUT2D eigenvalue weighted by atomic mass is 9.81. The lowest BCUT2D eigenvalue weighted by Crippen LogP contribution is -2.45. The minimum Gasteiger partial charge on any atom is -0.462 e. The van der Waals surface area contributed by atoms with Gasteiger partial charge in [0.2, 0.25) is 11.8 Å². The number of esters is 2. The zero-order chi connectivity index (χ0) is 26.3. The summed E-state index contributed by atoms with van der Waals surface area (Å²) in [5.41, 5.74) is 0.760. The second-order valence-electron chi connectivity index (χ2n) is 9.95. The van der Waals surface area contributed by atoms with E-state index in [0.717, 1.165) is 11.3 Å². The monoisotopic (exact) mass is 626 g/mol. The quantitative estimate of drug-likeness (QED) is 0.267. The van der Waals surface area contributed by atoms with Crippen molar-refractivity contribution in [2.75, 3.05) is 18.5 Å². The molecule has 2 aliphatic carbocycles. The van der Waals surface area contributed by atoms with Gasteiger partial charge in [0, 0.05) is 15.3 Å². The summed E-state index contributed by atoms with van der Waals surface area (Å²) >= 11 is 7.27. The third kappa shape index (κ3) is 4.96. The molecule has 2 bridgehead atoms. The molecule has 9 nitrogen and oxygen atoms in total. The first-order valence-electron chi connectivity index (χ1n) is 11.9. The van der Waals surface area contributed by atoms with Crippen LogP contribution in [0.5, 0.6) is 0 Å². The van der Waals surface area contributed by atoms with Crippen LogP contribution in [-0.4, -0.2) is 63.5 Å². The Labute approximate surface area is 225 Å². The van der Waals surface area contributed by atoms with Gasteiger partial charge in [-0.1, -0.05) is 45.7 Å². The number of rotatable bonds is 8. The fraction of sp³-hybridized carbons (Fsp3) is 0.560. The summed E-state index contributed by atoms with van der Waals surface area (Å²) in [4.78, 5) is 64.2. The predicted octanol–water partition coefficient (Wildman–Crippen LogP) is 3.15. The lowest BCUT2D eigenvalue weighted by Gasteiger charge is -2.28. The molecule has 1 aliphatic heterocycles. The number of hydrogen-bond donors (Lipinski definition) is 1. The summed E-state index contributed by atoms with van der Waals surface area (Å²) in [6.45, 7) is 5.04. The fourth-order valence-electron chi connectivity index (χ4n) is 5.33. The Balaban J connectivity index is 1.28. The predicted molar refractivity (Wildman–Crippen MR) is 136 cm³/mol. The van der Waals surface area contributed by atoms with Crippen LogP contribution in [0.15, 0.2) is 24.3 Å². The number of amides is 3. The van der Waals surface area contributed by atoms with Crippen molar-refractivity contribution in [2.45, 2.75) is 42.9 Å². The Morgan fingerprint density at radius 1 is 0.972 bits per heavy atom. The zero-order valence-electron chi connectivity index (χ0n) is 20.1. The summed E-state index contributed by atoms with van der Waals surface area (Å²) in [6, 6.07) is 5.00. The number of alkyl halides is 2. The first-order valence-corrected chi connectivity index (χ1v) is 13.7. The molecule has 3 amide bonds. The van der Waals surface area contributed by atoms with Gasteiger partial charge in [0.25, 0.3) is 5.91 Å². The van der Waals surface area contributed by atoms with Crippen LogP contribution in [0.3, 0.4) is 0 Å². The molecular weight excluding hydrogens is 600 g/mol. The molecule has 36 heavy (non-hydrogen) atoms. The summed E-state index contributed by atoms with van der Waals surface area (Å²) in [6.07, 6.45) is 0.797. The van der Waals surface area contributed by atoms with E-state index in [-0.39, 0.29) is 39.2 Å². The van der Waals surface area contributed by atoms with Crippen molar-refractivity contribution < 1.29 is 33.4 Å². The number of fused-ring (bicyclic) bond motifs is 5. The van der Waals surface area contributed by atoms with Crippen molar-refractivity contribution in [3.05, 3.63) is 29.8 Å². The third-order valence-corrected chi connectivity index (χ3v) is 10.3. The van der Waals surface area contributed by atoms with Crippen molar-refractivity contribution in [3.8, 4) is 0 Å². The molecule has 4 rings (SSSR count). The third-order valence-electron chi connectivity index (χ3n) is 7.05. The Hall–Kier alpha value is -2.27. The first-order chi connectivity index (χ1) is 17.0. The molecule has 0 spiro atoms. The molecule has 1 aromatic rings. The van der Waals surface area contributed by atoms with E-state index in [2.05, 4.69) is 37.2 Å².